The minimum atomic E-state index is -0.0978. The molecule has 0 bridgehead atoms. The van der Waals surface area contributed by atoms with E-state index in [0.717, 1.165) is 18.6 Å². The van der Waals surface area contributed by atoms with Gasteiger partial charge in [0.05, 0.1) is 12.8 Å². The van der Waals surface area contributed by atoms with E-state index in [4.69, 9.17) is 10.2 Å². The number of nitrogens with zero attached hydrogens (tertiary/aromatic N) is 2. The smallest absolute Gasteiger partial charge is 0.224 e. The van der Waals surface area contributed by atoms with Crippen molar-refractivity contribution in [2.75, 3.05) is 16.4 Å². The Labute approximate surface area is 123 Å². The molecule has 112 valence electrons. The van der Waals surface area contributed by atoms with Crippen molar-refractivity contribution in [1.82, 2.24) is 9.97 Å². The molecule has 7 nitrogen and oxygen atoms in total. The molecule has 0 fully saturated rings. The van der Waals surface area contributed by atoms with Gasteiger partial charge < -0.3 is 20.8 Å². The van der Waals surface area contributed by atoms with Gasteiger partial charge in [-0.2, -0.15) is 0 Å². The highest BCUT2D eigenvalue weighted by Crippen LogP contribution is 2.24. The minimum Gasteiger partial charge on any atom is -0.467 e. The number of hydrogen-bond acceptors (Lipinski definition) is 6. The predicted octanol–water partition coefficient (Wildman–Crippen LogP) is 2.39. The quantitative estimate of drug-likeness (QED) is 0.722. The fourth-order valence-corrected chi connectivity index (χ4v) is 1.78. The van der Waals surface area contributed by atoms with E-state index in [0.29, 0.717) is 24.5 Å². The topological polar surface area (TPSA) is 106 Å². The van der Waals surface area contributed by atoms with Crippen molar-refractivity contribution in [3.8, 4) is 0 Å². The summed E-state index contributed by atoms with van der Waals surface area (Å²) in [5.74, 6) is 1.37. The summed E-state index contributed by atoms with van der Waals surface area (Å²) in [4.78, 5) is 19.9. The third kappa shape index (κ3) is 4.20. The highest BCUT2D eigenvalue weighted by atomic mass is 16.3. The summed E-state index contributed by atoms with van der Waals surface area (Å²) in [6.07, 6.45) is 5.18. The average Bonchev–Trinajstić information content (AvgIpc) is 2.99. The van der Waals surface area contributed by atoms with Gasteiger partial charge in [-0.3, -0.25) is 4.79 Å². The molecular weight excluding hydrogens is 270 g/mol. The summed E-state index contributed by atoms with van der Waals surface area (Å²) in [6, 6.07) is 3.65. The van der Waals surface area contributed by atoms with Crippen LogP contribution in [-0.2, 0) is 11.3 Å². The van der Waals surface area contributed by atoms with E-state index in [-0.39, 0.29) is 11.7 Å². The Bertz CT molecular complexity index is 583. The van der Waals surface area contributed by atoms with Gasteiger partial charge in [0.2, 0.25) is 5.91 Å². The number of nitrogens with two attached hydrogens (primary N) is 1. The summed E-state index contributed by atoms with van der Waals surface area (Å²) in [5, 5.41) is 5.84. The van der Waals surface area contributed by atoms with Crippen LogP contribution in [0.15, 0.2) is 29.1 Å². The van der Waals surface area contributed by atoms with Crippen molar-refractivity contribution in [2.45, 2.75) is 32.7 Å². The van der Waals surface area contributed by atoms with E-state index in [1.165, 1.54) is 6.33 Å². The number of anilines is 3. The predicted molar refractivity (Wildman–Crippen MR) is 80.6 cm³/mol. The van der Waals surface area contributed by atoms with E-state index in [1.54, 1.807) is 12.3 Å². The van der Waals surface area contributed by atoms with Crippen LogP contribution in [0.3, 0.4) is 0 Å². The summed E-state index contributed by atoms with van der Waals surface area (Å²) >= 11 is 0. The van der Waals surface area contributed by atoms with E-state index in [9.17, 15) is 4.79 Å². The molecule has 0 aliphatic rings. The lowest BCUT2D eigenvalue weighted by atomic mass is 10.2. The number of unbranched alkanes of at least 4 members (excludes halogenated alkanes) is 1. The first-order valence-electron chi connectivity index (χ1n) is 6.87. The molecular formula is C14H19N5O2. The van der Waals surface area contributed by atoms with Crippen molar-refractivity contribution < 1.29 is 9.21 Å². The maximum Gasteiger partial charge on any atom is 0.224 e. The molecule has 0 aromatic carbocycles. The number of amides is 1. The maximum atomic E-state index is 11.8. The van der Waals surface area contributed by atoms with Crippen LogP contribution >= 0.6 is 0 Å². The zero-order valence-corrected chi connectivity index (χ0v) is 11.9. The van der Waals surface area contributed by atoms with Crippen molar-refractivity contribution in [3.05, 3.63) is 30.5 Å². The van der Waals surface area contributed by atoms with E-state index in [1.807, 2.05) is 13.0 Å². The molecule has 21 heavy (non-hydrogen) atoms. The molecule has 0 atom stereocenters. The van der Waals surface area contributed by atoms with Gasteiger partial charge in [0, 0.05) is 6.42 Å². The molecule has 0 unspecified atom stereocenters. The molecule has 4 N–H and O–H groups in total. The standard InChI is InChI=1S/C14H19N5O2/c1-2-3-6-11(20)19-12-13(15)17-9-18-14(12)16-8-10-5-4-7-21-10/h4-5,7,9H,2-3,6,8H2,1H3,(H,19,20)(H3,15,16,17,18). The van der Waals surface area contributed by atoms with Gasteiger partial charge >= 0.3 is 0 Å². The lowest BCUT2D eigenvalue weighted by Crippen LogP contribution is -2.16. The molecule has 0 radical (unpaired) electrons. The number of hydrogen-bond donors (Lipinski definition) is 3. The number of nitrogen functional groups attached to an aromatic ring is 1. The monoisotopic (exact) mass is 289 g/mol. The molecule has 7 heteroatoms. The van der Waals surface area contributed by atoms with Gasteiger partial charge in [0.1, 0.15) is 17.8 Å². The number of aromatic nitrogens is 2. The highest BCUT2D eigenvalue weighted by Gasteiger charge is 2.12. The largest absolute Gasteiger partial charge is 0.467 e. The van der Waals surface area contributed by atoms with Crippen LogP contribution in [0.2, 0.25) is 0 Å². The lowest BCUT2D eigenvalue weighted by molar-refractivity contribution is -0.116. The normalized spacial score (nSPS) is 10.3. The van der Waals surface area contributed by atoms with Crippen molar-refractivity contribution in [2.24, 2.45) is 0 Å². The Morgan fingerprint density at radius 2 is 2.29 bits per heavy atom. The zero-order valence-electron chi connectivity index (χ0n) is 11.9. The van der Waals surface area contributed by atoms with Gasteiger partial charge in [-0.1, -0.05) is 13.3 Å². The highest BCUT2D eigenvalue weighted by molar-refractivity contribution is 5.96. The van der Waals surface area contributed by atoms with Crippen LogP contribution in [0, 0.1) is 0 Å². The Balaban J connectivity index is 2.06. The molecule has 0 aliphatic heterocycles. The first-order chi connectivity index (χ1) is 10.2. The van der Waals surface area contributed by atoms with Crippen molar-refractivity contribution in [3.63, 3.8) is 0 Å². The first kappa shape index (κ1) is 14.8. The molecule has 1 amide bonds. The summed E-state index contributed by atoms with van der Waals surface area (Å²) in [7, 11) is 0. The maximum absolute atomic E-state index is 11.8. The lowest BCUT2D eigenvalue weighted by Gasteiger charge is -2.12. The van der Waals surface area contributed by atoms with E-state index in [2.05, 4.69) is 20.6 Å². The second kappa shape index (κ2) is 7.28. The molecule has 0 saturated heterocycles. The molecule has 2 aromatic heterocycles. The third-order valence-corrected chi connectivity index (χ3v) is 2.91. The van der Waals surface area contributed by atoms with Gasteiger partial charge in [-0.25, -0.2) is 9.97 Å². The SMILES string of the molecule is CCCCC(=O)Nc1c(N)ncnc1NCc1ccco1. The Kier molecular flexibility index (Phi) is 5.14. The van der Waals surface area contributed by atoms with Crippen molar-refractivity contribution >= 4 is 23.2 Å². The number of rotatable bonds is 7. The van der Waals surface area contributed by atoms with Gasteiger partial charge in [0.15, 0.2) is 11.6 Å². The fraction of sp³-hybridized carbons (Fsp3) is 0.357. The fourth-order valence-electron chi connectivity index (χ4n) is 1.78. The Morgan fingerprint density at radius 1 is 1.43 bits per heavy atom. The molecule has 2 rings (SSSR count). The molecule has 2 aromatic rings. The third-order valence-electron chi connectivity index (χ3n) is 2.91. The van der Waals surface area contributed by atoms with Gasteiger partial charge in [0.25, 0.3) is 0 Å². The van der Waals surface area contributed by atoms with Crippen molar-refractivity contribution in [1.29, 1.82) is 0 Å². The minimum absolute atomic E-state index is 0.0978. The zero-order chi connectivity index (χ0) is 15.1. The Morgan fingerprint density at radius 3 is 3.00 bits per heavy atom. The van der Waals surface area contributed by atoms with Crippen LogP contribution in [0.1, 0.15) is 31.9 Å². The van der Waals surface area contributed by atoms with Crippen LogP contribution < -0.4 is 16.4 Å². The van der Waals surface area contributed by atoms with E-state index >= 15 is 0 Å². The molecule has 0 aliphatic carbocycles. The summed E-state index contributed by atoms with van der Waals surface area (Å²) < 4.78 is 5.24. The number of carbonyl (C=O) groups is 1. The average molecular weight is 289 g/mol. The second-order valence-corrected chi connectivity index (χ2v) is 4.57. The molecule has 2 heterocycles. The van der Waals surface area contributed by atoms with Crippen LogP contribution in [0.25, 0.3) is 0 Å². The van der Waals surface area contributed by atoms with Crippen LogP contribution in [0.4, 0.5) is 17.3 Å². The van der Waals surface area contributed by atoms with Gasteiger partial charge in [-0.15, -0.1) is 0 Å². The molecule has 0 saturated carbocycles. The first-order valence-corrected chi connectivity index (χ1v) is 6.87. The number of nitrogens with one attached hydrogen (secondary N) is 2. The summed E-state index contributed by atoms with van der Waals surface area (Å²) in [6.45, 7) is 2.48. The van der Waals surface area contributed by atoms with Gasteiger partial charge in [-0.05, 0) is 18.6 Å². The Hall–Kier alpha value is -2.57. The number of carbonyl (C=O) groups excluding carboxylic acids is 1. The van der Waals surface area contributed by atoms with Crippen LogP contribution in [-0.4, -0.2) is 15.9 Å². The number of furan rings is 1. The summed E-state index contributed by atoms with van der Waals surface area (Å²) in [5.41, 5.74) is 6.23. The second-order valence-electron chi connectivity index (χ2n) is 4.57. The molecule has 0 spiro atoms. The van der Waals surface area contributed by atoms with E-state index < -0.39 is 0 Å². The van der Waals surface area contributed by atoms with Crippen LogP contribution in [0.5, 0.6) is 0 Å².